The van der Waals surface area contributed by atoms with Crippen LogP contribution in [0.25, 0.3) is 0 Å². The molecule has 1 N–H and O–H groups in total. The summed E-state index contributed by atoms with van der Waals surface area (Å²) in [6.07, 6.45) is 7.51. The van der Waals surface area contributed by atoms with Crippen molar-refractivity contribution in [3.05, 3.63) is 0 Å². The zero-order valence-electron chi connectivity index (χ0n) is 7.83. The number of hydrogen-bond acceptors (Lipinski definition) is 1. The maximum absolute atomic E-state index is 11.0. The van der Waals surface area contributed by atoms with Gasteiger partial charge in [0.1, 0.15) is 0 Å². The van der Waals surface area contributed by atoms with Gasteiger partial charge in [0.15, 0.2) is 0 Å². The Balaban J connectivity index is 1.93. The molecule has 13 heavy (non-hydrogen) atoms. The SMILES string of the molecule is O=C(O)C1CC23CCCC2C1CC3. The van der Waals surface area contributed by atoms with Crippen molar-refractivity contribution in [1.82, 2.24) is 0 Å². The molecule has 0 aromatic carbocycles. The largest absolute Gasteiger partial charge is 0.481 e. The molecule has 3 fully saturated rings. The highest BCUT2D eigenvalue weighted by molar-refractivity contribution is 5.71. The van der Waals surface area contributed by atoms with E-state index in [0.29, 0.717) is 11.3 Å². The number of hydrogen-bond donors (Lipinski definition) is 1. The van der Waals surface area contributed by atoms with Crippen molar-refractivity contribution in [1.29, 1.82) is 0 Å². The molecule has 0 heterocycles. The first-order valence-corrected chi connectivity index (χ1v) is 5.46. The molecule has 0 amide bonds. The van der Waals surface area contributed by atoms with E-state index >= 15 is 0 Å². The molecule has 2 heteroatoms. The predicted octanol–water partition coefficient (Wildman–Crippen LogP) is 2.29. The van der Waals surface area contributed by atoms with Crippen LogP contribution in [-0.4, -0.2) is 11.1 Å². The minimum Gasteiger partial charge on any atom is -0.481 e. The molecule has 4 unspecified atom stereocenters. The molecule has 0 aliphatic heterocycles. The quantitative estimate of drug-likeness (QED) is 0.672. The molecule has 0 saturated heterocycles. The van der Waals surface area contributed by atoms with Gasteiger partial charge in [0.05, 0.1) is 5.92 Å². The van der Waals surface area contributed by atoms with Gasteiger partial charge in [-0.2, -0.15) is 0 Å². The van der Waals surface area contributed by atoms with Gasteiger partial charge in [-0.25, -0.2) is 0 Å². The summed E-state index contributed by atoms with van der Waals surface area (Å²) in [4.78, 5) is 11.0. The Hall–Kier alpha value is -0.530. The molecule has 3 aliphatic rings. The topological polar surface area (TPSA) is 37.3 Å². The minimum atomic E-state index is -0.529. The second-order valence-corrected chi connectivity index (χ2v) is 5.21. The molecule has 0 radical (unpaired) electrons. The average molecular weight is 180 g/mol. The molecule has 2 nitrogen and oxygen atoms in total. The highest BCUT2D eigenvalue weighted by atomic mass is 16.4. The van der Waals surface area contributed by atoms with E-state index in [2.05, 4.69) is 0 Å². The lowest BCUT2D eigenvalue weighted by molar-refractivity contribution is -0.144. The van der Waals surface area contributed by atoms with Crippen molar-refractivity contribution in [3.63, 3.8) is 0 Å². The van der Waals surface area contributed by atoms with Crippen molar-refractivity contribution in [2.24, 2.45) is 23.2 Å². The Kier molecular flexibility index (Phi) is 1.38. The number of aliphatic carboxylic acids is 1. The Bertz CT molecular complexity index is 257. The van der Waals surface area contributed by atoms with E-state index in [1.807, 2.05) is 0 Å². The van der Waals surface area contributed by atoms with Gasteiger partial charge in [0.2, 0.25) is 0 Å². The first kappa shape index (κ1) is 7.84. The van der Waals surface area contributed by atoms with E-state index in [9.17, 15) is 4.79 Å². The lowest BCUT2D eigenvalue weighted by Gasteiger charge is -2.26. The van der Waals surface area contributed by atoms with Crippen LogP contribution in [0.15, 0.2) is 0 Å². The van der Waals surface area contributed by atoms with Crippen LogP contribution in [0.3, 0.4) is 0 Å². The van der Waals surface area contributed by atoms with E-state index in [4.69, 9.17) is 5.11 Å². The third-order valence-corrected chi connectivity index (χ3v) is 4.93. The number of carboxylic acid groups (broad SMARTS) is 1. The summed E-state index contributed by atoms with van der Waals surface area (Å²) in [5.41, 5.74) is 0.494. The van der Waals surface area contributed by atoms with Crippen molar-refractivity contribution in [2.75, 3.05) is 0 Å². The highest BCUT2D eigenvalue weighted by Crippen LogP contribution is 2.67. The van der Waals surface area contributed by atoms with Gasteiger partial charge in [-0.15, -0.1) is 0 Å². The lowest BCUT2D eigenvalue weighted by Crippen LogP contribution is -2.23. The zero-order chi connectivity index (χ0) is 9.05. The van der Waals surface area contributed by atoms with Crippen molar-refractivity contribution in [2.45, 2.75) is 38.5 Å². The smallest absolute Gasteiger partial charge is 0.306 e. The third-order valence-electron chi connectivity index (χ3n) is 4.93. The second kappa shape index (κ2) is 2.28. The van der Waals surface area contributed by atoms with Crippen molar-refractivity contribution in [3.8, 4) is 0 Å². The van der Waals surface area contributed by atoms with Crippen LogP contribution in [0.1, 0.15) is 38.5 Å². The normalized spacial score (nSPS) is 52.5. The Labute approximate surface area is 78.3 Å². The monoisotopic (exact) mass is 180 g/mol. The van der Waals surface area contributed by atoms with Crippen LogP contribution in [0.5, 0.6) is 0 Å². The van der Waals surface area contributed by atoms with Gasteiger partial charge < -0.3 is 5.11 Å². The Morgan fingerprint density at radius 3 is 2.85 bits per heavy atom. The Morgan fingerprint density at radius 2 is 2.15 bits per heavy atom. The van der Waals surface area contributed by atoms with Gasteiger partial charge in [-0.1, -0.05) is 6.42 Å². The maximum Gasteiger partial charge on any atom is 0.306 e. The van der Waals surface area contributed by atoms with Crippen LogP contribution in [0.4, 0.5) is 0 Å². The molecular weight excluding hydrogens is 164 g/mol. The van der Waals surface area contributed by atoms with Crippen LogP contribution in [0.2, 0.25) is 0 Å². The fourth-order valence-corrected chi connectivity index (χ4v) is 4.50. The predicted molar refractivity (Wildman–Crippen MR) is 48.2 cm³/mol. The summed E-state index contributed by atoms with van der Waals surface area (Å²) in [6.45, 7) is 0. The first-order chi connectivity index (χ1) is 6.23. The van der Waals surface area contributed by atoms with Crippen molar-refractivity contribution >= 4 is 5.97 Å². The van der Waals surface area contributed by atoms with E-state index in [0.717, 1.165) is 12.3 Å². The lowest BCUT2D eigenvalue weighted by atomic mass is 9.78. The average Bonchev–Trinajstić information content (AvgIpc) is 2.65. The van der Waals surface area contributed by atoms with Crippen molar-refractivity contribution < 1.29 is 9.90 Å². The van der Waals surface area contributed by atoms with Gasteiger partial charge >= 0.3 is 5.97 Å². The molecule has 0 aromatic heterocycles. The molecule has 0 aromatic rings. The molecule has 4 atom stereocenters. The standard InChI is InChI=1S/C11H16O2/c12-10(13)8-6-11-4-1-2-9(11)7(8)3-5-11/h7-9H,1-6H2,(H,12,13). The van der Waals surface area contributed by atoms with Gasteiger partial charge in [0, 0.05) is 0 Å². The fraction of sp³-hybridized carbons (Fsp3) is 0.909. The fourth-order valence-electron chi connectivity index (χ4n) is 4.50. The van der Waals surface area contributed by atoms with Gasteiger partial charge in [0.25, 0.3) is 0 Å². The van der Waals surface area contributed by atoms with Crippen LogP contribution in [0, 0.1) is 23.2 Å². The molecular formula is C11H16O2. The van der Waals surface area contributed by atoms with E-state index in [1.165, 1.54) is 32.1 Å². The van der Waals surface area contributed by atoms with E-state index in [1.54, 1.807) is 0 Å². The number of carbonyl (C=O) groups is 1. The summed E-state index contributed by atoms with van der Waals surface area (Å²) >= 11 is 0. The van der Waals surface area contributed by atoms with Crippen LogP contribution in [-0.2, 0) is 4.79 Å². The van der Waals surface area contributed by atoms with Crippen LogP contribution < -0.4 is 0 Å². The minimum absolute atomic E-state index is 0.0130. The first-order valence-electron chi connectivity index (χ1n) is 5.46. The summed E-state index contributed by atoms with van der Waals surface area (Å²) < 4.78 is 0. The maximum atomic E-state index is 11.0. The van der Waals surface area contributed by atoms with E-state index in [-0.39, 0.29) is 5.92 Å². The molecule has 3 saturated carbocycles. The molecule has 0 spiro atoms. The zero-order valence-corrected chi connectivity index (χ0v) is 7.83. The summed E-state index contributed by atoms with van der Waals surface area (Å²) in [5, 5.41) is 9.09. The summed E-state index contributed by atoms with van der Waals surface area (Å²) in [5.74, 6) is 0.811. The van der Waals surface area contributed by atoms with Gasteiger partial charge in [-0.3, -0.25) is 4.79 Å². The van der Waals surface area contributed by atoms with Gasteiger partial charge in [-0.05, 0) is 49.4 Å². The number of carboxylic acids is 1. The number of rotatable bonds is 1. The van der Waals surface area contributed by atoms with E-state index < -0.39 is 5.97 Å². The summed E-state index contributed by atoms with van der Waals surface area (Å²) in [6, 6.07) is 0. The van der Waals surface area contributed by atoms with Crippen LogP contribution >= 0.6 is 0 Å². The molecule has 2 bridgehead atoms. The second-order valence-electron chi connectivity index (χ2n) is 5.21. The Morgan fingerprint density at radius 1 is 1.31 bits per heavy atom. The molecule has 3 rings (SSSR count). The highest BCUT2D eigenvalue weighted by Gasteiger charge is 2.61. The molecule has 72 valence electrons. The third kappa shape index (κ3) is 0.818. The summed E-state index contributed by atoms with van der Waals surface area (Å²) in [7, 11) is 0. The molecule has 3 aliphatic carbocycles.